The molecule has 1 N–H and O–H groups in total. The SMILES string of the molecule is COc1ccc(C2C(C(=O)c3sc(C)nc3C)=C(O)C(=O)N2Cc2cccnc2)c(OC)c1. The van der Waals surface area contributed by atoms with Crippen LogP contribution in [0.3, 0.4) is 0 Å². The van der Waals surface area contributed by atoms with Gasteiger partial charge in [-0.05, 0) is 37.6 Å². The van der Waals surface area contributed by atoms with Crippen LogP contribution in [0.15, 0.2) is 54.1 Å². The number of hydrogen-bond acceptors (Lipinski definition) is 8. The van der Waals surface area contributed by atoms with E-state index < -0.39 is 23.5 Å². The van der Waals surface area contributed by atoms with E-state index >= 15 is 0 Å². The molecule has 0 aliphatic carbocycles. The number of rotatable bonds is 7. The molecule has 4 rings (SSSR count). The maximum absolute atomic E-state index is 13.6. The summed E-state index contributed by atoms with van der Waals surface area (Å²) >= 11 is 1.23. The van der Waals surface area contributed by atoms with E-state index in [-0.39, 0.29) is 12.1 Å². The third-order valence-corrected chi connectivity index (χ3v) is 6.54. The molecule has 9 heteroatoms. The van der Waals surface area contributed by atoms with E-state index in [1.165, 1.54) is 30.5 Å². The molecule has 0 saturated carbocycles. The minimum atomic E-state index is -0.868. The van der Waals surface area contributed by atoms with Gasteiger partial charge in [0.25, 0.3) is 5.91 Å². The van der Waals surface area contributed by atoms with Crippen molar-refractivity contribution >= 4 is 23.0 Å². The molecule has 33 heavy (non-hydrogen) atoms. The molecule has 0 fully saturated rings. The van der Waals surface area contributed by atoms with Crippen molar-refractivity contribution in [1.82, 2.24) is 14.9 Å². The van der Waals surface area contributed by atoms with Crippen LogP contribution in [0.2, 0.25) is 0 Å². The van der Waals surface area contributed by atoms with Crippen molar-refractivity contribution in [2.24, 2.45) is 0 Å². The van der Waals surface area contributed by atoms with Crippen molar-refractivity contribution in [3.63, 3.8) is 0 Å². The van der Waals surface area contributed by atoms with E-state index in [4.69, 9.17) is 9.47 Å². The summed E-state index contributed by atoms with van der Waals surface area (Å²) in [6, 6.07) is 7.87. The van der Waals surface area contributed by atoms with Crippen LogP contribution in [-0.2, 0) is 11.3 Å². The smallest absolute Gasteiger partial charge is 0.290 e. The number of amides is 1. The number of thiazole rings is 1. The van der Waals surface area contributed by atoms with Gasteiger partial charge in [0.2, 0.25) is 5.78 Å². The molecule has 1 aliphatic rings. The van der Waals surface area contributed by atoms with Crippen LogP contribution in [0.5, 0.6) is 11.5 Å². The molecule has 3 aromatic rings. The zero-order valence-electron chi connectivity index (χ0n) is 18.7. The van der Waals surface area contributed by atoms with Crippen molar-refractivity contribution < 1.29 is 24.2 Å². The van der Waals surface area contributed by atoms with Gasteiger partial charge in [0.15, 0.2) is 5.76 Å². The Morgan fingerprint density at radius 3 is 2.61 bits per heavy atom. The number of aryl methyl sites for hydroxylation is 2. The number of ether oxygens (including phenoxy) is 2. The Hall–Kier alpha value is -3.72. The van der Waals surface area contributed by atoms with Gasteiger partial charge in [-0.2, -0.15) is 0 Å². The molecule has 1 unspecified atom stereocenters. The fraction of sp³-hybridized carbons (Fsp3) is 0.250. The Balaban J connectivity index is 1.87. The highest BCUT2D eigenvalue weighted by molar-refractivity contribution is 7.14. The van der Waals surface area contributed by atoms with Crippen LogP contribution in [-0.4, -0.2) is 45.9 Å². The lowest BCUT2D eigenvalue weighted by Gasteiger charge is -2.28. The van der Waals surface area contributed by atoms with Crippen molar-refractivity contribution in [1.29, 1.82) is 0 Å². The van der Waals surface area contributed by atoms with E-state index in [0.29, 0.717) is 27.6 Å². The number of aliphatic hydroxyl groups is 1. The van der Waals surface area contributed by atoms with Crippen LogP contribution in [0.1, 0.15) is 37.5 Å². The number of benzene rings is 1. The number of carbonyl (C=O) groups excluding carboxylic acids is 2. The second-order valence-corrected chi connectivity index (χ2v) is 8.75. The lowest BCUT2D eigenvalue weighted by molar-refractivity contribution is -0.130. The van der Waals surface area contributed by atoms with Crippen LogP contribution in [0.25, 0.3) is 0 Å². The quantitative estimate of drug-likeness (QED) is 0.527. The summed E-state index contributed by atoms with van der Waals surface area (Å²) in [4.78, 5) is 37.1. The Morgan fingerprint density at radius 2 is 2.00 bits per heavy atom. The van der Waals surface area contributed by atoms with E-state index in [0.717, 1.165) is 10.6 Å². The molecular formula is C24H23N3O5S. The summed E-state index contributed by atoms with van der Waals surface area (Å²) < 4.78 is 10.9. The minimum Gasteiger partial charge on any atom is -0.503 e. The molecule has 170 valence electrons. The zero-order chi connectivity index (χ0) is 23.7. The fourth-order valence-corrected chi connectivity index (χ4v) is 4.84. The Bertz CT molecular complexity index is 1250. The molecule has 2 aromatic heterocycles. The van der Waals surface area contributed by atoms with Crippen molar-refractivity contribution in [2.75, 3.05) is 14.2 Å². The number of pyridine rings is 1. The van der Waals surface area contributed by atoms with Gasteiger partial charge in [0.05, 0.1) is 41.4 Å². The highest BCUT2D eigenvalue weighted by Gasteiger charge is 2.45. The number of ketones is 1. The minimum absolute atomic E-state index is 0.000827. The first-order valence-corrected chi connectivity index (χ1v) is 11.0. The van der Waals surface area contributed by atoms with Crippen LogP contribution in [0.4, 0.5) is 0 Å². The van der Waals surface area contributed by atoms with Gasteiger partial charge in [-0.1, -0.05) is 6.07 Å². The third kappa shape index (κ3) is 4.07. The standard InChI is InChI=1S/C24H23N3O5S/c1-13-23(33-14(2)26-13)21(28)19-20(17-8-7-16(31-3)10-18(17)32-4)27(24(30)22(19)29)12-15-6-5-9-25-11-15/h5-11,20,29H,12H2,1-4H3. The molecule has 1 amide bonds. The van der Waals surface area contributed by atoms with Gasteiger partial charge in [-0.3, -0.25) is 14.6 Å². The average molecular weight is 466 g/mol. The molecule has 1 atom stereocenters. The fourth-order valence-electron chi connectivity index (χ4n) is 3.97. The molecular weight excluding hydrogens is 442 g/mol. The maximum Gasteiger partial charge on any atom is 0.290 e. The summed E-state index contributed by atoms with van der Waals surface area (Å²) in [6.07, 6.45) is 3.28. The lowest BCUT2D eigenvalue weighted by atomic mass is 9.94. The molecule has 3 heterocycles. The summed E-state index contributed by atoms with van der Waals surface area (Å²) in [7, 11) is 3.04. The van der Waals surface area contributed by atoms with Crippen molar-refractivity contribution in [3.05, 3.63) is 80.8 Å². The largest absolute Gasteiger partial charge is 0.503 e. The van der Waals surface area contributed by atoms with Gasteiger partial charge in [0.1, 0.15) is 11.5 Å². The summed E-state index contributed by atoms with van der Waals surface area (Å²) in [5.41, 5.74) is 1.87. The molecule has 0 radical (unpaired) electrons. The molecule has 8 nitrogen and oxygen atoms in total. The topological polar surface area (TPSA) is 102 Å². The first kappa shape index (κ1) is 22.5. The number of Topliss-reactive ketones (excluding diaryl/α,β-unsaturated/α-hetero) is 1. The lowest BCUT2D eigenvalue weighted by Crippen LogP contribution is -2.31. The van der Waals surface area contributed by atoms with Crippen LogP contribution >= 0.6 is 11.3 Å². The zero-order valence-corrected chi connectivity index (χ0v) is 19.5. The Labute approximate surface area is 195 Å². The Morgan fingerprint density at radius 1 is 1.21 bits per heavy atom. The number of aromatic nitrogens is 2. The van der Waals surface area contributed by atoms with Crippen LogP contribution < -0.4 is 9.47 Å². The predicted octanol–water partition coefficient (Wildman–Crippen LogP) is 3.95. The summed E-state index contributed by atoms with van der Waals surface area (Å²) in [5.74, 6) is -0.643. The first-order chi connectivity index (χ1) is 15.8. The maximum atomic E-state index is 13.6. The second-order valence-electron chi connectivity index (χ2n) is 7.54. The highest BCUT2D eigenvalue weighted by atomic mass is 32.1. The van der Waals surface area contributed by atoms with Gasteiger partial charge >= 0.3 is 0 Å². The van der Waals surface area contributed by atoms with E-state index in [2.05, 4.69) is 9.97 Å². The molecule has 0 bridgehead atoms. The summed E-state index contributed by atoms with van der Waals surface area (Å²) in [6.45, 7) is 3.69. The monoisotopic (exact) mass is 465 g/mol. The predicted molar refractivity (Wildman–Crippen MR) is 123 cm³/mol. The highest BCUT2D eigenvalue weighted by Crippen LogP contribution is 2.44. The third-order valence-electron chi connectivity index (χ3n) is 5.47. The second kappa shape index (κ2) is 9.03. The average Bonchev–Trinajstić information content (AvgIpc) is 3.29. The van der Waals surface area contributed by atoms with Gasteiger partial charge in [0, 0.05) is 30.6 Å². The van der Waals surface area contributed by atoms with Gasteiger partial charge in [-0.25, -0.2) is 4.98 Å². The normalized spacial score (nSPS) is 15.8. The van der Waals surface area contributed by atoms with E-state index in [1.807, 2.05) is 6.07 Å². The van der Waals surface area contributed by atoms with E-state index in [1.54, 1.807) is 50.5 Å². The van der Waals surface area contributed by atoms with E-state index in [9.17, 15) is 14.7 Å². The molecule has 0 saturated heterocycles. The summed E-state index contributed by atoms with van der Waals surface area (Å²) in [5, 5.41) is 11.6. The Kier molecular flexibility index (Phi) is 6.15. The van der Waals surface area contributed by atoms with Crippen LogP contribution in [0, 0.1) is 13.8 Å². The number of aliphatic hydroxyl groups excluding tert-OH is 1. The first-order valence-electron chi connectivity index (χ1n) is 10.2. The van der Waals surface area contributed by atoms with Crippen molar-refractivity contribution in [2.45, 2.75) is 26.4 Å². The number of carbonyl (C=O) groups is 2. The van der Waals surface area contributed by atoms with Crippen molar-refractivity contribution in [3.8, 4) is 11.5 Å². The molecule has 1 aromatic carbocycles. The molecule has 0 spiro atoms. The number of nitrogens with zero attached hydrogens (tertiary/aromatic N) is 3. The number of methoxy groups -OCH3 is 2. The van der Waals surface area contributed by atoms with Gasteiger partial charge in [-0.15, -0.1) is 11.3 Å². The van der Waals surface area contributed by atoms with Gasteiger partial charge < -0.3 is 19.5 Å². The molecule has 1 aliphatic heterocycles. The number of hydrogen-bond donors (Lipinski definition) is 1.